The standard InChI is InChI=1S/C13H21NO7S/c1-8(15)14-9(10(16)19-5)6-22-12(18)21-7-20-11(17)13(2,3)4/h9H,6-7H2,1-5H3,(H,14,15)/t9-/m0/s1. The normalized spacial score (nSPS) is 12.0. The number of carbonyl (C=O) groups excluding carboxylic acids is 4. The Hall–Kier alpha value is -1.77. The summed E-state index contributed by atoms with van der Waals surface area (Å²) >= 11 is 0.661. The van der Waals surface area contributed by atoms with Crippen LogP contribution in [-0.4, -0.2) is 48.8 Å². The number of carbonyl (C=O) groups is 4. The number of methoxy groups -OCH3 is 1. The number of thioether (sulfide) groups is 1. The molecule has 22 heavy (non-hydrogen) atoms. The Labute approximate surface area is 133 Å². The number of hydrogen-bond acceptors (Lipinski definition) is 8. The monoisotopic (exact) mass is 335 g/mol. The van der Waals surface area contributed by atoms with E-state index in [1.54, 1.807) is 20.8 Å². The van der Waals surface area contributed by atoms with Crippen molar-refractivity contribution in [2.45, 2.75) is 33.7 Å². The third kappa shape index (κ3) is 8.50. The number of ether oxygens (including phenoxy) is 3. The van der Waals surface area contributed by atoms with Crippen LogP contribution in [-0.2, 0) is 28.6 Å². The molecule has 0 spiro atoms. The number of esters is 2. The van der Waals surface area contributed by atoms with Crippen LogP contribution < -0.4 is 5.32 Å². The lowest BCUT2D eigenvalue weighted by Crippen LogP contribution is -2.42. The van der Waals surface area contributed by atoms with E-state index in [9.17, 15) is 19.2 Å². The second-order valence-corrected chi connectivity index (χ2v) is 6.24. The fourth-order valence-corrected chi connectivity index (χ4v) is 1.75. The minimum absolute atomic E-state index is 0.0572. The fraction of sp³-hybridized carbons (Fsp3) is 0.692. The first-order chi connectivity index (χ1) is 10.1. The summed E-state index contributed by atoms with van der Waals surface area (Å²) in [6, 6.07) is -0.961. The Morgan fingerprint density at radius 1 is 1.14 bits per heavy atom. The minimum atomic E-state index is -0.961. The van der Waals surface area contributed by atoms with E-state index in [0.29, 0.717) is 11.8 Å². The van der Waals surface area contributed by atoms with Crippen molar-refractivity contribution in [3.05, 3.63) is 0 Å². The number of nitrogens with one attached hydrogen (secondary N) is 1. The molecular weight excluding hydrogens is 314 g/mol. The molecule has 8 nitrogen and oxygen atoms in total. The highest BCUT2D eigenvalue weighted by atomic mass is 32.2. The van der Waals surface area contributed by atoms with Crippen molar-refractivity contribution in [3.63, 3.8) is 0 Å². The van der Waals surface area contributed by atoms with Gasteiger partial charge in [0.15, 0.2) is 0 Å². The topological polar surface area (TPSA) is 108 Å². The zero-order chi connectivity index (χ0) is 17.3. The zero-order valence-corrected chi connectivity index (χ0v) is 14.1. The van der Waals surface area contributed by atoms with Crippen LogP contribution in [0, 0.1) is 5.41 Å². The van der Waals surface area contributed by atoms with Crippen molar-refractivity contribution in [3.8, 4) is 0 Å². The molecule has 0 aromatic carbocycles. The van der Waals surface area contributed by atoms with Crippen LogP contribution in [0.4, 0.5) is 4.79 Å². The summed E-state index contributed by atoms with van der Waals surface area (Å²) in [5, 5.41) is 1.62. The van der Waals surface area contributed by atoms with Gasteiger partial charge in [0, 0.05) is 12.7 Å². The first kappa shape index (κ1) is 20.2. The maximum Gasteiger partial charge on any atom is 0.370 e. The molecule has 9 heteroatoms. The first-order valence-corrected chi connectivity index (χ1v) is 7.38. The average Bonchev–Trinajstić information content (AvgIpc) is 2.40. The lowest BCUT2D eigenvalue weighted by Gasteiger charge is -2.16. The maximum atomic E-state index is 11.5. The van der Waals surface area contributed by atoms with E-state index >= 15 is 0 Å². The van der Waals surface area contributed by atoms with E-state index < -0.39 is 41.4 Å². The fourth-order valence-electron chi connectivity index (χ4n) is 1.10. The molecular formula is C13H21NO7S. The van der Waals surface area contributed by atoms with E-state index in [2.05, 4.69) is 10.1 Å². The summed E-state index contributed by atoms with van der Waals surface area (Å²) in [7, 11) is 1.17. The molecule has 0 fully saturated rings. The summed E-state index contributed by atoms with van der Waals surface area (Å²) in [4.78, 5) is 45.3. The molecule has 0 unspecified atom stereocenters. The van der Waals surface area contributed by atoms with Crippen LogP contribution in [0.1, 0.15) is 27.7 Å². The van der Waals surface area contributed by atoms with Crippen LogP contribution in [0.5, 0.6) is 0 Å². The Morgan fingerprint density at radius 3 is 2.18 bits per heavy atom. The van der Waals surface area contributed by atoms with Crippen LogP contribution in [0.15, 0.2) is 0 Å². The van der Waals surface area contributed by atoms with Crippen LogP contribution in [0.3, 0.4) is 0 Å². The molecule has 126 valence electrons. The van der Waals surface area contributed by atoms with Crippen molar-refractivity contribution in [1.29, 1.82) is 0 Å². The molecule has 0 saturated carbocycles. The van der Waals surface area contributed by atoms with Gasteiger partial charge in [0.1, 0.15) is 6.04 Å². The zero-order valence-electron chi connectivity index (χ0n) is 13.3. The van der Waals surface area contributed by atoms with E-state index in [4.69, 9.17) is 9.47 Å². The second kappa shape index (κ2) is 9.29. The van der Waals surface area contributed by atoms with Crippen LogP contribution >= 0.6 is 11.8 Å². The Kier molecular flexibility index (Phi) is 8.54. The molecule has 1 N–H and O–H groups in total. The molecule has 0 radical (unpaired) electrons. The molecule has 0 saturated heterocycles. The Bertz CT molecular complexity index is 431. The van der Waals surface area contributed by atoms with E-state index in [1.807, 2.05) is 0 Å². The maximum absolute atomic E-state index is 11.5. The van der Waals surface area contributed by atoms with E-state index in [-0.39, 0.29) is 5.75 Å². The summed E-state index contributed by atoms with van der Waals surface area (Å²) in [6.07, 6.45) is 0. The third-order valence-electron chi connectivity index (χ3n) is 2.21. The second-order valence-electron chi connectivity index (χ2n) is 5.28. The molecule has 0 aliphatic rings. The molecule has 0 heterocycles. The van der Waals surface area contributed by atoms with Gasteiger partial charge in [0.2, 0.25) is 12.7 Å². The highest BCUT2D eigenvalue weighted by Crippen LogP contribution is 2.15. The molecule has 0 aliphatic carbocycles. The quantitative estimate of drug-likeness (QED) is 0.567. The molecule has 1 amide bonds. The molecule has 0 rings (SSSR count). The van der Waals surface area contributed by atoms with E-state index in [0.717, 1.165) is 0 Å². The van der Waals surface area contributed by atoms with Gasteiger partial charge in [0.05, 0.1) is 12.5 Å². The van der Waals surface area contributed by atoms with E-state index in [1.165, 1.54) is 14.0 Å². The molecule has 0 aliphatic heterocycles. The van der Waals surface area contributed by atoms with Crippen LogP contribution in [0.2, 0.25) is 0 Å². The minimum Gasteiger partial charge on any atom is -0.467 e. The largest absolute Gasteiger partial charge is 0.467 e. The van der Waals surface area contributed by atoms with Gasteiger partial charge in [-0.25, -0.2) is 9.59 Å². The molecule has 0 aromatic rings. The number of amides is 1. The first-order valence-electron chi connectivity index (χ1n) is 6.39. The lowest BCUT2D eigenvalue weighted by molar-refractivity contribution is -0.160. The smallest absolute Gasteiger partial charge is 0.370 e. The van der Waals surface area contributed by atoms with Gasteiger partial charge in [-0.1, -0.05) is 0 Å². The SMILES string of the molecule is COC(=O)[C@H](CSC(=O)OCOC(=O)C(C)(C)C)NC(C)=O. The molecule has 1 atom stereocenters. The highest BCUT2D eigenvalue weighted by molar-refractivity contribution is 8.13. The molecule has 0 aromatic heterocycles. The summed E-state index contributed by atoms with van der Waals surface area (Å²) in [6.45, 7) is 5.73. The van der Waals surface area contributed by atoms with Gasteiger partial charge in [0.25, 0.3) is 0 Å². The lowest BCUT2D eigenvalue weighted by atomic mass is 9.98. The van der Waals surface area contributed by atoms with Gasteiger partial charge in [-0.2, -0.15) is 0 Å². The van der Waals surface area contributed by atoms with Crippen molar-refractivity contribution < 1.29 is 33.4 Å². The van der Waals surface area contributed by atoms with Crippen molar-refractivity contribution >= 4 is 34.9 Å². The highest BCUT2D eigenvalue weighted by Gasteiger charge is 2.24. The summed E-state index contributed by atoms with van der Waals surface area (Å²) < 4.78 is 14.0. The van der Waals surface area contributed by atoms with Crippen LogP contribution in [0.25, 0.3) is 0 Å². The molecule has 0 bridgehead atoms. The number of rotatable bonds is 6. The summed E-state index contributed by atoms with van der Waals surface area (Å²) in [5.41, 5.74) is -0.694. The average molecular weight is 335 g/mol. The van der Waals surface area contributed by atoms with Crippen molar-refractivity contribution in [1.82, 2.24) is 5.32 Å². The van der Waals surface area contributed by atoms with Gasteiger partial charge in [-0.3, -0.25) is 9.59 Å². The van der Waals surface area contributed by atoms with Gasteiger partial charge < -0.3 is 19.5 Å². The predicted molar refractivity (Wildman–Crippen MR) is 79.0 cm³/mol. The van der Waals surface area contributed by atoms with Gasteiger partial charge >= 0.3 is 17.2 Å². The van der Waals surface area contributed by atoms with Crippen molar-refractivity contribution in [2.24, 2.45) is 5.41 Å². The number of hydrogen-bond donors (Lipinski definition) is 1. The van der Waals surface area contributed by atoms with Crippen molar-refractivity contribution in [2.75, 3.05) is 19.7 Å². The Morgan fingerprint density at radius 2 is 1.73 bits per heavy atom. The Balaban J connectivity index is 4.17. The van der Waals surface area contributed by atoms with Gasteiger partial charge in [-0.15, -0.1) is 0 Å². The predicted octanol–water partition coefficient (Wildman–Crippen LogP) is 1.08. The third-order valence-corrected chi connectivity index (χ3v) is 3.06. The van der Waals surface area contributed by atoms with Gasteiger partial charge in [-0.05, 0) is 32.5 Å². The summed E-state index contributed by atoms with van der Waals surface area (Å²) in [5.74, 6) is -1.66.